The van der Waals surface area contributed by atoms with E-state index in [1.54, 1.807) is 4.90 Å². The second-order valence-corrected chi connectivity index (χ2v) is 7.25. The average Bonchev–Trinajstić information content (AvgIpc) is 2.83. The first-order valence-corrected chi connectivity index (χ1v) is 9.41. The summed E-state index contributed by atoms with van der Waals surface area (Å²) in [6.45, 7) is 2.54. The number of allylic oxidation sites excluding steroid dienone is 1. The Kier molecular flexibility index (Phi) is 4.80. The van der Waals surface area contributed by atoms with Gasteiger partial charge in [0.05, 0.1) is 0 Å². The molecule has 0 aromatic heterocycles. The zero-order valence-corrected chi connectivity index (χ0v) is 15.4. The molecule has 4 heteroatoms. The fourth-order valence-corrected chi connectivity index (χ4v) is 3.75. The molecule has 1 saturated heterocycles. The van der Waals surface area contributed by atoms with Crippen LogP contribution in [-0.2, 0) is 16.0 Å². The number of ether oxygens (including phenoxy) is 1. The number of carbonyl (C=O) groups is 2. The number of hydrogen-bond donors (Lipinski definition) is 0. The first-order chi connectivity index (χ1) is 13.1. The number of aryl methyl sites for hydroxylation is 2. The van der Waals surface area contributed by atoms with Crippen molar-refractivity contribution >= 4 is 11.7 Å². The smallest absolute Gasteiger partial charge is 0.267 e. The topological polar surface area (TPSA) is 46.6 Å². The van der Waals surface area contributed by atoms with Gasteiger partial charge in [-0.2, -0.15) is 0 Å². The Morgan fingerprint density at radius 1 is 1.04 bits per heavy atom. The molecule has 0 aliphatic carbocycles. The standard InChI is InChI=1S/C23H23NO3/c1-16-9-11-17(12-10-16)13-14-18-6-5-15-24-20(21(18)25)22(23(24)26)27-19-7-3-2-4-8-19/h2-12,18,20,22H,13-15H2,1H3/t18-,20-,22+/m0/s1. The third kappa shape index (κ3) is 3.52. The highest BCUT2D eigenvalue weighted by Crippen LogP contribution is 2.31. The van der Waals surface area contributed by atoms with Gasteiger partial charge in [-0.05, 0) is 37.5 Å². The summed E-state index contributed by atoms with van der Waals surface area (Å²) in [5, 5.41) is 0. The molecular formula is C23H23NO3. The summed E-state index contributed by atoms with van der Waals surface area (Å²) in [5.41, 5.74) is 2.46. The molecule has 3 atom stereocenters. The first kappa shape index (κ1) is 17.5. The van der Waals surface area contributed by atoms with Crippen molar-refractivity contribution in [2.75, 3.05) is 6.54 Å². The number of Topliss-reactive ketones (excluding diaryl/α,β-unsaturated/α-hetero) is 1. The molecule has 1 fully saturated rings. The summed E-state index contributed by atoms with van der Waals surface area (Å²) in [6.07, 6.45) is 4.78. The van der Waals surface area contributed by atoms with Crippen LogP contribution in [0.2, 0.25) is 0 Å². The highest BCUT2D eigenvalue weighted by Gasteiger charge is 2.54. The number of nitrogens with zero attached hydrogens (tertiary/aromatic N) is 1. The number of fused-ring (bicyclic) bond motifs is 1. The Balaban J connectivity index is 1.45. The van der Waals surface area contributed by atoms with Crippen molar-refractivity contribution in [2.24, 2.45) is 5.92 Å². The predicted octanol–water partition coefficient (Wildman–Crippen LogP) is 3.34. The molecule has 4 nitrogen and oxygen atoms in total. The Bertz CT molecular complexity index is 857. The van der Waals surface area contributed by atoms with Gasteiger partial charge in [0.1, 0.15) is 11.8 Å². The number of hydrogen-bond acceptors (Lipinski definition) is 3. The lowest BCUT2D eigenvalue weighted by atomic mass is 9.85. The molecule has 0 bridgehead atoms. The van der Waals surface area contributed by atoms with Gasteiger partial charge in [-0.3, -0.25) is 9.59 Å². The van der Waals surface area contributed by atoms with E-state index in [1.165, 1.54) is 11.1 Å². The van der Waals surface area contributed by atoms with E-state index < -0.39 is 12.1 Å². The Morgan fingerprint density at radius 3 is 2.52 bits per heavy atom. The number of carbonyl (C=O) groups excluding carboxylic acids is 2. The Hall–Kier alpha value is -2.88. The predicted molar refractivity (Wildman–Crippen MR) is 103 cm³/mol. The van der Waals surface area contributed by atoms with Crippen molar-refractivity contribution in [3.63, 3.8) is 0 Å². The molecule has 0 radical (unpaired) electrons. The quantitative estimate of drug-likeness (QED) is 0.606. The molecule has 2 aromatic carbocycles. The van der Waals surface area contributed by atoms with Crippen LogP contribution < -0.4 is 4.74 Å². The second kappa shape index (κ2) is 7.39. The molecule has 2 aliphatic rings. The SMILES string of the molecule is Cc1ccc(CC[C@@H]2C=CCN3C(=O)[C@H](Oc4ccccc4)[C@@H]3C2=O)cc1. The number of β-lactam (4-membered cyclic amide) rings is 1. The molecule has 138 valence electrons. The van der Waals surface area contributed by atoms with Gasteiger partial charge < -0.3 is 9.64 Å². The average molecular weight is 361 g/mol. The van der Waals surface area contributed by atoms with Gasteiger partial charge in [-0.1, -0.05) is 60.2 Å². The highest BCUT2D eigenvalue weighted by molar-refractivity contribution is 6.04. The number of rotatable bonds is 5. The largest absolute Gasteiger partial charge is 0.478 e. The number of para-hydroxylation sites is 1. The monoisotopic (exact) mass is 361 g/mol. The van der Waals surface area contributed by atoms with E-state index >= 15 is 0 Å². The van der Waals surface area contributed by atoms with E-state index in [4.69, 9.17) is 4.74 Å². The molecule has 2 aliphatic heterocycles. The molecule has 2 heterocycles. The van der Waals surface area contributed by atoms with Crippen LogP contribution >= 0.6 is 0 Å². The van der Waals surface area contributed by atoms with Crippen molar-refractivity contribution in [3.8, 4) is 5.75 Å². The fourth-order valence-electron chi connectivity index (χ4n) is 3.75. The van der Waals surface area contributed by atoms with Crippen LogP contribution in [0.1, 0.15) is 17.5 Å². The minimum Gasteiger partial charge on any atom is -0.478 e. The lowest BCUT2D eigenvalue weighted by Crippen LogP contribution is -2.70. The van der Waals surface area contributed by atoms with Gasteiger partial charge in [-0.15, -0.1) is 0 Å². The highest BCUT2D eigenvalue weighted by atomic mass is 16.5. The van der Waals surface area contributed by atoms with Crippen LogP contribution in [0.3, 0.4) is 0 Å². The van der Waals surface area contributed by atoms with Crippen molar-refractivity contribution < 1.29 is 14.3 Å². The first-order valence-electron chi connectivity index (χ1n) is 9.41. The van der Waals surface area contributed by atoms with Crippen molar-refractivity contribution in [3.05, 3.63) is 77.9 Å². The second-order valence-electron chi connectivity index (χ2n) is 7.25. The van der Waals surface area contributed by atoms with Crippen LogP contribution in [0.5, 0.6) is 5.75 Å². The zero-order chi connectivity index (χ0) is 18.8. The maximum Gasteiger partial charge on any atom is 0.267 e. The summed E-state index contributed by atoms with van der Waals surface area (Å²) in [6, 6.07) is 17.1. The number of benzene rings is 2. The van der Waals surface area contributed by atoms with Gasteiger partial charge in [0.15, 0.2) is 5.78 Å². The maximum atomic E-state index is 13.1. The molecule has 4 rings (SSSR count). The molecule has 0 unspecified atom stereocenters. The molecule has 0 saturated carbocycles. The van der Waals surface area contributed by atoms with Crippen LogP contribution in [0.25, 0.3) is 0 Å². The summed E-state index contributed by atoms with van der Waals surface area (Å²) in [4.78, 5) is 27.2. The minimum atomic E-state index is -0.707. The normalized spacial score (nSPS) is 24.2. The van der Waals surface area contributed by atoms with Crippen molar-refractivity contribution in [1.29, 1.82) is 0 Å². The molecular weight excluding hydrogens is 338 g/mol. The molecule has 0 N–H and O–H groups in total. The summed E-state index contributed by atoms with van der Waals surface area (Å²) in [5.74, 6) is 0.408. The van der Waals surface area contributed by atoms with Crippen molar-refractivity contribution in [1.82, 2.24) is 4.90 Å². The Labute approximate surface area is 159 Å². The summed E-state index contributed by atoms with van der Waals surface area (Å²) >= 11 is 0. The van der Waals surface area contributed by atoms with Gasteiger partial charge in [0.25, 0.3) is 5.91 Å². The van der Waals surface area contributed by atoms with Crippen LogP contribution in [-0.4, -0.2) is 35.3 Å². The van der Waals surface area contributed by atoms with E-state index in [-0.39, 0.29) is 17.6 Å². The van der Waals surface area contributed by atoms with Crippen LogP contribution in [0, 0.1) is 12.8 Å². The van der Waals surface area contributed by atoms with E-state index in [9.17, 15) is 9.59 Å². The van der Waals surface area contributed by atoms with E-state index in [0.717, 1.165) is 12.8 Å². The number of ketones is 1. The van der Waals surface area contributed by atoms with Crippen molar-refractivity contribution in [2.45, 2.75) is 31.9 Å². The summed E-state index contributed by atoms with van der Waals surface area (Å²) in [7, 11) is 0. The van der Waals surface area contributed by atoms with E-state index in [2.05, 4.69) is 31.2 Å². The molecule has 1 amide bonds. The molecule has 0 spiro atoms. The van der Waals surface area contributed by atoms with Crippen LogP contribution in [0.4, 0.5) is 0 Å². The molecule has 2 aromatic rings. The van der Waals surface area contributed by atoms with Crippen LogP contribution in [0.15, 0.2) is 66.7 Å². The number of amides is 1. The lowest BCUT2D eigenvalue weighted by Gasteiger charge is -2.44. The van der Waals surface area contributed by atoms with Gasteiger partial charge in [0.2, 0.25) is 6.10 Å². The fraction of sp³-hybridized carbons (Fsp3) is 0.304. The van der Waals surface area contributed by atoms with Gasteiger partial charge in [0, 0.05) is 12.5 Å². The van der Waals surface area contributed by atoms with Gasteiger partial charge in [-0.25, -0.2) is 0 Å². The Morgan fingerprint density at radius 2 is 1.78 bits per heavy atom. The molecule has 27 heavy (non-hydrogen) atoms. The lowest BCUT2D eigenvalue weighted by molar-refractivity contribution is -0.167. The zero-order valence-electron chi connectivity index (χ0n) is 15.4. The third-order valence-corrected chi connectivity index (χ3v) is 5.35. The van der Waals surface area contributed by atoms with E-state index in [0.29, 0.717) is 12.3 Å². The van der Waals surface area contributed by atoms with E-state index in [1.807, 2.05) is 42.5 Å². The minimum absolute atomic E-state index is 0.0800. The van der Waals surface area contributed by atoms with Gasteiger partial charge >= 0.3 is 0 Å². The maximum absolute atomic E-state index is 13.1. The summed E-state index contributed by atoms with van der Waals surface area (Å²) < 4.78 is 5.84. The third-order valence-electron chi connectivity index (χ3n) is 5.35.